The summed E-state index contributed by atoms with van der Waals surface area (Å²) in [6.07, 6.45) is 4.45. The molecule has 0 unspecified atom stereocenters. The van der Waals surface area contributed by atoms with Crippen molar-refractivity contribution in [2.45, 2.75) is 69.4 Å². The van der Waals surface area contributed by atoms with Crippen LogP contribution in [0.1, 0.15) is 46.5 Å². The molecule has 0 saturated heterocycles. The summed E-state index contributed by atoms with van der Waals surface area (Å²) in [5.74, 6) is 0.291. The Kier molecular flexibility index (Phi) is 6.48. The van der Waals surface area contributed by atoms with Crippen LogP contribution < -0.4 is 10.9 Å². The summed E-state index contributed by atoms with van der Waals surface area (Å²) in [4.78, 5) is 30.2. The van der Waals surface area contributed by atoms with Gasteiger partial charge < -0.3 is 5.32 Å². The van der Waals surface area contributed by atoms with Crippen molar-refractivity contribution < 1.29 is 4.79 Å². The van der Waals surface area contributed by atoms with Crippen molar-refractivity contribution >= 4 is 40.2 Å². The molecule has 1 atom stereocenters. The van der Waals surface area contributed by atoms with E-state index in [9.17, 15) is 9.59 Å². The number of carbonyl (C=O) groups excluding carboxylic acids is 1. The lowest BCUT2D eigenvalue weighted by molar-refractivity contribution is -0.120. The molecular weight excluding hydrogens is 382 g/mol. The Morgan fingerprint density at radius 2 is 2.04 bits per heavy atom. The number of rotatable bonds is 6. The number of fused-ring (bicyclic) bond motifs is 1. The number of halogens is 1. The van der Waals surface area contributed by atoms with Gasteiger partial charge in [-0.1, -0.05) is 50.1 Å². The minimum atomic E-state index is -0.326. The molecule has 1 aromatic heterocycles. The van der Waals surface area contributed by atoms with Crippen LogP contribution in [0.5, 0.6) is 0 Å². The lowest BCUT2D eigenvalue weighted by atomic mass is 10.2. The zero-order chi connectivity index (χ0) is 19.6. The maximum absolute atomic E-state index is 13.0. The predicted octanol–water partition coefficient (Wildman–Crippen LogP) is 4.25. The molecule has 0 spiro atoms. The van der Waals surface area contributed by atoms with Gasteiger partial charge in [-0.2, -0.15) is 0 Å². The molecule has 3 rings (SSSR count). The fourth-order valence-corrected chi connectivity index (χ4v) is 4.48. The zero-order valence-electron chi connectivity index (χ0n) is 16.0. The first-order valence-corrected chi connectivity index (χ1v) is 10.8. The highest BCUT2D eigenvalue weighted by molar-refractivity contribution is 8.00. The van der Waals surface area contributed by atoms with Crippen LogP contribution in [0.4, 0.5) is 0 Å². The molecule has 1 aliphatic rings. The first-order chi connectivity index (χ1) is 12.8. The van der Waals surface area contributed by atoms with Crippen LogP contribution in [0, 0.1) is 5.92 Å². The van der Waals surface area contributed by atoms with E-state index in [1.165, 1.54) is 24.6 Å². The van der Waals surface area contributed by atoms with E-state index >= 15 is 0 Å². The van der Waals surface area contributed by atoms with E-state index < -0.39 is 0 Å². The molecule has 0 aliphatic heterocycles. The number of amides is 1. The topological polar surface area (TPSA) is 64.0 Å². The fourth-order valence-electron chi connectivity index (χ4n) is 3.39. The normalized spacial score (nSPS) is 16.2. The lowest BCUT2D eigenvalue weighted by Gasteiger charge is -2.19. The number of nitrogens with zero attached hydrogens (tertiary/aromatic N) is 2. The van der Waals surface area contributed by atoms with Gasteiger partial charge in [-0.3, -0.25) is 14.2 Å². The zero-order valence-corrected chi connectivity index (χ0v) is 17.6. The second kappa shape index (κ2) is 8.65. The molecule has 0 radical (unpaired) electrons. The average Bonchev–Trinajstić information content (AvgIpc) is 3.10. The van der Waals surface area contributed by atoms with Gasteiger partial charge in [-0.25, -0.2) is 4.98 Å². The third kappa shape index (κ3) is 4.85. The Bertz CT molecular complexity index is 891. The smallest absolute Gasteiger partial charge is 0.262 e. The minimum Gasteiger partial charge on any atom is -0.352 e. The maximum Gasteiger partial charge on any atom is 0.262 e. The highest BCUT2D eigenvalue weighted by Crippen LogP contribution is 2.25. The second-order valence-electron chi connectivity index (χ2n) is 7.62. The summed E-state index contributed by atoms with van der Waals surface area (Å²) >= 11 is 7.41. The van der Waals surface area contributed by atoms with Gasteiger partial charge >= 0.3 is 0 Å². The summed E-state index contributed by atoms with van der Waals surface area (Å²) in [5.41, 5.74) is 0.481. The van der Waals surface area contributed by atoms with Gasteiger partial charge in [0.15, 0.2) is 5.16 Å². The van der Waals surface area contributed by atoms with Crippen molar-refractivity contribution in [2.24, 2.45) is 5.92 Å². The van der Waals surface area contributed by atoms with Crippen LogP contribution in [0.15, 0.2) is 28.2 Å². The first kappa shape index (κ1) is 20.2. The Morgan fingerprint density at radius 3 is 2.70 bits per heavy atom. The Hall–Kier alpha value is -1.53. The molecule has 1 N–H and O–H groups in total. The van der Waals surface area contributed by atoms with Gasteiger partial charge in [0, 0.05) is 17.6 Å². The standard InChI is InChI=1S/C20H26ClN3O2S/c1-12(2)11-24-19(26)16-9-8-14(21)10-17(16)23-20(24)27-13(3)18(25)22-15-6-4-5-7-15/h8-10,12-13,15H,4-7,11H2,1-3H3,(H,22,25)/t13-/m0/s1. The summed E-state index contributed by atoms with van der Waals surface area (Å²) in [6, 6.07) is 5.40. The molecule has 146 valence electrons. The van der Waals surface area contributed by atoms with Crippen LogP contribution >= 0.6 is 23.4 Å². The van der Waals surface area contributed by atoms with Crippen LogP contribution in [0.3, 0.4) is 0 Å². The molecule has 5 nitrogen and oxygen atoms in total. The van der Waals surface area contributed by atoms with E-state index in [1.807, 2.05) is 6.92 Å². The lowest BCUT2D eigenvalue weighted by Crippen LogP contribution is -2.38. The Morgan fingerprint density at radius 1 is 1.33 bits per heavy atom. The molecule has 27 heavy (non-hydrogen) atoms. The first-order valence-electron chi connectivity index (χ1n) is 9.52. The van der Waals surface area contributed by atoms with Crippen LogP contribution in [0.25, 0.3) is 10.9 Å². The van der Waals surface area contributed by atoms with Gasteiger partial charge in [-0.05, 0) is 43.9 Å². The van der Waals surface area contributed by atoms with Gasteiger partial charge in [0.2, 0.25) is 5.91 Å². The molecule has 1 aromatic carbocycles. The van der Waals surface area contributed by atoms with Crippen molar-refractivity contribution in [3.63, 3.8) is 0 Å². The molecule has 7 heteroatoms. The molecule has 2 aromatic rings. The summed E-state index contributed by atoms with van der Waals surface area (Å²) in [7, 11) is 0. The van der Waals surface area contributed by atoms with E-state index in [1.54, 1.807) is 22.8 Å². The van der Waals surface area contributed by atoms with E-state index in [2.05, 4.69) is 24.1 Å². The summed E-state index contributed by atoms with van der Waals surface area (Å²) in [6.45, 7) is 6.54. The van der Waals surface area contributed by atoms with Crippen LogP contribution in [-0.2, 0) is 11.3 Å². The molecule has 1 saturated carbocycles. The molecule has 1 amide bonds. The van der Waals surface area contributed by atoms with E-state index in [4.69, 9.17) is 11.6 Å². The summed E-state index contributed by atoms with van der Waals surface area (Å²) < 4.78 is 1.69. The Labute approximate surface area is 168 Å². The number of hydrogen-bond acceptors (Lipinski definition) is 4. The van der Waals surface area contributed by atoms with E-state index in [-0.39, 0.29) is 28.7 Å². The quantitative estimate of drug-likeness (QED) is 0.574. The molecular formula is C20H26ClN3O2S. The van der Waals surface area contributed by atoms with E-state index in [0.717, 1.165) is 12.8 Å². The molecule has 1 heterocycles. The van der Waals surface area contributed by atoms with Crippen molar-refractivity contribution in [2.75, 3.05) is 0 Å². The fraction of sp³-hybridized carbons (Fsp3) is 0.550. The number of nitrogens with one attached hydrogen (secondary N) is 1. The van der Waals surface area contributed by atoms with Crippen molar-refractivity contribution in [3.05, 3.63) is 33.6 Å². The highest BCUT2D eigenvalue weighted by atomic mass is 35.5. The third-order valence-electron chi connectivity index (χ3n) is 4.78. The van der Waals surface area contributed by atoms with Crippen molar-refractivity contribution in [1.82, 2.24) is 14.9 Å². The van der Waals surface area contributed by atoms with Crippen molar-refractivity contribution in [3.8, 4) is 0 Å². The highest BCUT2D eigenvalue weighted by Gasteiger charge is 2.23. The molecule has 0 bridgehead atoms. The summed E-state index contributed by atoms with van der Waals surface area (Å²) in [5, 5.41) is 4.45. The second-order valence-corrected chi connectivity index (χ2v) is 9.36. The number of thioether (sulfide) groups is 1. The van der Waals surface area contributed by atoms with Crippen molar-refractivity contribution in [1.29, 1.82) is 0 Å². The molecule has 1 aliphatic carbocycles. The average molecular weight is 408 g/mol. The predicted molar refractivity (Wildman–Crippen MR) is 112 cm³/mol. The van der Waals surface area contributed by atoms with Gasteiger partial charge in [0.1, 0.15) is 0 Å². The van der Waals surface area contributed by atoms with E-state index in [0.29, 0.717) is 27.6 Å². The van der Waals surface area contributed by atoms with Gasteiger partial charge in [-0.15, -0.1) is 0 Å². The molecule has 1 fully saturated rings. The number of aromatic nitrogens is 2. The Balaban J connectivity index is 1.90. The minimum absolute atomic E-state index is 0.00318. The number of benzene rings is 1. The monoisotopic (exact) mass is 407 g/mol. The maximum atomic E-state index is 13.0. The number of carbonyl (C=O) groups is 1. The van der Waals surface area contributed by atoms with Gasteiger partial charge in [0.05, 0.1) is 16.2 Å². The van der Waals surface area contributed by atoms with Gasteiger partial charge in [0.25, 0.3) is 5.56 Å². The SMILES string of the molecule is CC(C)Cn1c(S[C@@H](C)C(=O)NC2CCCC2)nc2cc(Cl)ccc2c1=O. The van der Waals surface area contributed by atoms with Crippen LogP contribution in [-0.4, -0.2) is 26.8 Å². The largest absolute Gasteiger partial charge is 0.352 e. The number of hydrogen-bond donors (Lipinski definition) is 1. The van der Waals surface area contributed by atoms with Crippen LogP contribution in [0.2, 0.25) is 5.02 Å². The third-order valence-corrected chi connectivity index (χ3v) is 6.11.